The Morgan fingerprint density at radius 1 is 1.19 bits per heavy atom. The Morgan fingerprint density at radius 2 is 2.03 bits per heavy atom. The number of hydrogen-bond donors (Lipinski definition) is 1. The number of aromatic nitrogens is 2. The summed E-state index contributed by atoms with van der Waals surface area (Å²) in [4.78, 5) is 28.0. The Hall–Kier alpha value is -3.72. The van der Waals surface area contributed by atoms with Gasteiger partial charge in [-0.25, -0.2) is 0 Å². The van der Waals surface area contributed by atoms with Crippen molar-refractivity contribution in [3.63, 3.8) is 0 Å². The molecule has 1 fully saturated rings. The Bertz CT molecular complexity index is 1380. The fourth-order valence-electron chi connectivity index (χ4n) is 4.77. The van der Waals surface area contributed by atoms with E-state index in [4.69, 9.17) is 9.47 Å². The molecule has 9 heteroatoms. The number of carbonyl (C=O) groups excluding carboxylic acids is 2. The smallest absolute Gasteiger partial charge is 0.301 e. The SMILES string of the molecule is CCCCCOc1cccc([C@H]2C(=C(O)c3ccc4c(c3)C[C@@H](C)O4)C(=O)C(=O)N2c2nnc(C)s2)c1. The lowest BCUT2D eigenvalue weighted by Gasteiger charge is -2.23. The molecule has 2 aromatic carbocycles. The van der Waals surface area contributed by atoms with Crippen molar-refractivity contribution in [2.45, 2.75) is 58.6 Å². The fourth-order valence-corrected chi connectivity index (χ4v) is 5.48. The maximum absolute atomic E-state index is 13.4. The molecule has 0 radical (unpaired) electrons. The molecule has 1 aromatic heterocycles. The number of carbonyl (C=O) groups is 2. The maximum Gasteiger partial charge on any atom is 0.301 e. The molecule has 37 heavy (non-hydrogen) atoms. The molecule has 192 valence electrons. The number of aliphatic hydroxyl groups is 1. The van der Waals surface area contributed by atoms with Crippen molar-refractivity contribution in [2.24, 2.45) is 0 Å². The van der Waals surface area contributed by atoms with E-state index in [1.165, 1.54) is 16.2 Å². The first-order valence-electron chi connectivity index (χ1n) is 12.5. The van der Waals surface area contributed by atoms with Crippen LogP contribution in [0.15, 0.2) is 48.0 Å². The van der Waals surface area contributed by atoms with Crippen LogP contribution < -0.4 is 14.4 Å². The summed E-state index contributed by atoms with van der Waals surface area (Å²) in [6, 6.07) is 11.7. The van der Waals surface area contributed by atoms with Crippen LogP contribution in [-0.4, -0.2) is 39.7 Å². The van der Waals surface area contributed by atoms with Crippen LogP contribution in [-0.2, 0) is 16.0 Å². The first-order valence-corrected chi connectivity index (χ1v) is 13.3. The van der Waals surface area contributed by atoms with Crippen LogP contribution in [0, 0.1) is 6.92 Å². The molecule has 1 amide bonds. The molecule has 0 aliphatic carbocycles. The van der Waals surface area contributed by atoms with Gasteiger partial charge in [0.1, 0.15) is 28.4 Å². The number of ether oxygens (including phenoxy) is 2. The van der Waals surface area contributed by atoms with Gasteiger partial charge in [-0.05, 0) is 61.7 Å². The number of aryl methyl sites for hydroxylation is 1. The third-order valence-corrected chi connectivity index (χ3v) is 7.36. The molecule has 0 saturated carbocycles. The fraction of sp³-hybridized carbons (Fsp3) is 0.357. The van der Waals surface area contributed by atoms with Gasteiger partial charge in [-0.15, -0.1) is 10.2 Å². The zero-order valence-electron chi connectivity index (χ0n) is 21.1. The minimum absolute atomic E-state index is 0.00731. The van der Waals surface area contributed by atoms with Gasteiger partial charge in [-0.1, -0.05) is 43.2 Å². The highest BCUT2D eigenvalue weighted by Gasteiger charge is 2.48. The van der Waals surface area contributed by atoms with Gasteiger partial charge in [0.05, 0.1) is 18.2 Å². The molecule has 1 N–H and O–H groups in total. The summed E-state index contributed by atoms with van der Waals surface area (Å²) >= 11 is 1.22. The van der Waals surface area contributed by atoms with Crippen molar-refractivity contribution in [3.8, 4) is 11.5 Å². The highest BCUT2D eigenvalue weighted by atomic mass is 32.1. The number of amides is 1. The second-order valence-corrected chi connectivity index (χ2v) is 10.5. The first kappa shape index (κ1) is 25.0. The zero-order chi connectivity index (χ0) is 26.1. The summed E-state index contributed by atoms with van der Waals surface area (Å²) in [6.07, 6.45) is 3.84. The number of Topliss-reactive ketones (excluding diaryl/α,β-unsaturated/α-hetero) is 1. The lowest BCUT2D eigenvalue weighted by atomic mass is 9.94. The first-order chi connectivity index (χ1) is 17.9. The van der Waals surface area contributed by atoms with E-state index in [-0.39, 0.29) is 17.4 Å². The van der Waals surface area contributed by atoms with E-state index in [9.17, 15) is 14.7 Å². The number of aliphatic hydroxyl groups excluding tert-OH is 1. The monoisotopic (exact) mass is 519 g/mol. The van der Waals surface area contributed by atoms with E-state index >= 15 is 0 Å². The predicted octanol–water partition coefficient (Wildman–Crippen LogP) is 5.37. The van der Waals surface area contributed by atoms with Crippen molar-refractivity contribution in [2.75, 3.05) is 11.5 Å². The molecular weight excluding hydrogens is 490 g/mol. The zero-order valence-corrected chi connectivity index (χ0v) is 21.9. The van der Waals surface area contributed by atoms with Gasteiger partial charge in [0.15, 0.2) is 0 Å². The van der Waals surface area contributed by atoms with Crippen LogP contribution in [0.1, 0.15) is 60.8 Å². The van der Waals surface area contributed by atoms with Gasteiger partial charge < -0.3 is 14.6 Å². The molecule has 5 rings (SSSR count). The van der Waals surface area contributed by atoms with E-state index in [2.05, 4.69) is 17.1 Å². The van der Waals surface area contributed by atoms with Crippen LogP contribution in [0.25, 0.3) is 5.76 Å². The number of unbranched alkanes of at least 4 members (excludes halogenated alkanes) is 2. The summed E-state index contributed by atoms with van der Waals surface area (Å²) in [6.45, 7) is 6.47. The third kappa shape index (κ3) is 4.83. The summed E-state index contributed by atoms with van der Waals surface area (Å²) in [5, 5.41) is 20.6. The molecule has 1 saturated heterocycles. The van der Waals surface area contributed by atoms with Crippen molar-refractivity contribution in [3.05, 3.63) is 69.7 Å². The molecule has 3 aromatic rings. The van der Waals surface area contributed by atoms with Crippen LogP contribution in [0.2, 0.25) is 0 Å². The van der Waals surface area contributed by atoms with Crippen molar-refractivity contribution in [1.82, 2.24) is 10.2 Å². The average molecular weight is 520 g/mol. The normalized spacial score (nSPS) is 20.2. The molecule has 0 unspecified atom stereocenters. The lowest BCUT2D eigenvalue weighted by molar-refractivity contribution is -0.132. The number of fused-ring (bicyclic) bond motifs is 1. The molecular formula is C28H29N3O5S. The van der Waals surface area contributed by atoms with Crippen LogP contribution in [0.3, 0.4) is 0 Å². The Kier molecular flexibility index (Phi) is 6.97. The molecule has 2 aliphatic rings. The second-order valence-electron chi connectivity index (χ2n) is 9.36. The standard InChI is InChI=1S/C28H29N3O5S/c1-4-5-6-12-35-21-9-7-8-18(15-21)24-23(26(33)27(34)31(24)28-30-29-17(3)37-28)25(32)19-10-11-22-20(14-19)13-16(2)36-22/h7-11,14-16,24,32H,4-6,12-13H2,1-3H3/t16-,24+/m1/s1. The summed E-state index contributed by atoms with van der Waals surface area (Å²) < 4.78 is 11.7. The molecule has 2 aliphatic heterocycles. The van der Waals surface area contributed by atoms with E-state index < -0.39 is 17.7 Å². The molecule has 0 spiro atoms. The minimum Gasteiger partial charge on any atom is -0.507 e. The number of hydrogen-bond acceptors (Lipinski definition) is 8. The number of benzene rings is 2. The number of nitrogens with zero attached hydrogens (tertiary/aromatic N) is 3. The van der Waals surface area contributed by atoms with Gasteiger partial charge >= 0.3 is 5.91 Å². The highest BCUT2D eigenvalue weighted by molar-refractivity contribution is 7.15. The quantitative estimate of drug-likeness (QED) is 0.185. The van der Waals surface area contributed by atoms with Crippen LogP contribution >= 0.6 is 11.3 Å². The van der Waals surface area contributed by atoms with E-state index in [1.54, 1.807) is 19.1 Å². The summed E-state index contributed by atoms with van der Waals surface area (Å²) in [7, 11) is 0. The highest BCUT2D eigenvalue weighted by Crippen LogP contribution is 2.44. The average Bonchev–Trinajstić information content (AvgIpc) is 3.56. The number of anilines is 1. The Labute approximate surface area is 219 Å². The number of ketones is 1. The van der Waals surface area contributed by atoms with Gasteiger partial charge in [-0.2, -0.15) is 0 Å². The van der Waals surface area contributed by atoms with E-state index in [0.29, 0.717) is 40.0 Å². The van der Waals surface area contributed by atoms with E-state index in [0.717, 1.165) is 30.6 Å². The van der Waals surface area contributed by atoms with Gasteiger partial charge in [0.25, 0.3) is 5.78 Å². The molecule has 0 bridgehead atoms. The predicted molar refractivity (Wildman–Crippen MR) is 141 cm³/mol. The second kappa shape index (κ2) is 10.3. The van der Waals surface area contributed by atoms with Gasteiger partial charge in [0.2, 0.25) is 5.13 Å². The molecule has 3 heterocycles. The minimum atomic E-state index is -0.880. The van der Waals surface area contributed by atoms with E-state index in [1.807, 2.05) is 37.3 Å². The van der Waals surface area contributed by atoms with Crippen LogP contribution in [0.5, 0.6) is 11.5 Å². The van der Waals surface area contributed by atoms with Gasteiger partial charge in [0, 0.05) is 12.0 Å². The third-order valence-electron chi connectivity index (χ3n) is 6.53. The number of rotatable bonds is 8. The Balaban J connectivity index is 1.60. The summed E-state index contributed by atoms with van der Waals surface area (Å²) in [5.41, 5.74) is 2.05. The van der Waals surface area contributed by atoms with Crippen LogP contribution in [0.4, 0.5) is 5.13 Å². The van der Waals surface area contributed by atoms with Crippen molar-refractivity contribution >= 4 is 33.9 Å². The lowest BCUT2D eigenvalue weighted by Crippen LogP contribution is -2.29. The molecule has 8 nitrogen and oxygen atoms in total. The Morgan fingerprint density at radius 3 is 2.78 bits per heavy atom. The largest absolute Gasteiger partial charge is 0.507 e. The van der Waals surface area contributed by atoms with Gasteiger partial charge in [-0.3, -0.25) is 14.5 Å². The van der Waals surface area contributed by atoms with Crippen molar-refractivity contribution in [1.29, 1.82) is 0 Å². The van der Waals surface area contributed by atoms with Crippen molar-refractivity contribution < 1.29 is 24.2 Å². The summed E-state index contributed by atoms with van der Waals surface area (Å²) in [5.74, 6) is -0.358. The molecule has 2 atom stereocenters. The topological polar surface area (TPSA) is 102 Å². The maximum atomic E-state index is 13.4.